The van der Waals surface area contributed by atoms with E-state index in [1.807, 2.05) is 0 Å². The zero-order chi connectivity index (χ0) is 15.3. The lowest BCUT2D eigenvalue weighted by Gasteiger charge is -2.50. The largest absolute Gasteiger partial charge is 0.316 e. The Labute approximate surface area is 136 Å². The van der Waals surface area contributed by atoms with Gasteiger partial charge in [0.05, 0.1) is 0 Å². The molecular formula is C20H32N2. The molecule has 122 valence electrons. The van der Waals surface area contributed by atoms with Crippen LogP contribution in [-0.2, 0) is 6.54 Å². The number of piperidine rings is 2. The third-order valence-electron chi connectivity index (χ3n) is 6.06. The van der Waals surface area contributed by atoms with E-state index in [4.69, 9.17) is 0 Å². The molecule has 0 saturated carbocycles. The van der Waals surface area contributed by atoms with Crippen molar-refractivity contribution in [1.82, 2.24) is 10.2 Å². The quantitative estimate of drug-likeness (QED) is 0.882. The van der Waals surface area contributed by atoms with Gasteiger partial charge in [0.15, 0.2) is 0 Å². The van der Waals surface area contributed by atoms with E-state index < -0.39 is 0 Å². The number of likely N-dealkylation sites (tertiary alicyclic amines) is 1. The second-order valence-electron chi connectivity index (χ2n) is 7.42. The van der Waals surface area contributed by atoms with Crippen LogP contribution in [0.5, 0.6) is 0 Å². The van der Waals surface area contributed by atoms with Crippen molar-refractivity contribution in [3.63, 3.8) is 0 Å². The van der Waals surface area contributed by atoms with Gasteiger partial charge >= 0.3 is 0 Å². The fraction of sp³-hybridized carbons (Fsp3) is 0.700. The number of rotatable bonds is 5. The molecule has 1 atom stereocenters. The van der Waals surface area contributed by atoms with Crippen LogP contribution >= 0.6 is 0 Å². The third kappa shape index (κ3) is 3.72. The van der Waals surface area contributed by atoms with E-state index in [1.165, 1.54) is 70.3 Å². The molecule has 2 fully saturated rings. The first-order valence-corrected chi connectivity index (χ1v) is 9.29. The first-order valence-electron chi connectivity index (χ1n) is 9.29. The second-order valence-corrected chi connectivity index (χ2v) is 7.42. The monoisotopic (exact) mass is 300 g/mol. The molecule has 2 aliphatic rings. The van der Waals surface area contributed by atoms with E-state index in [0.29, 0.717) is 5.41 Å². The number of nitrogens with one attached hydrogen (secondary N) is 1. The Balaban J connectivity index is 1.56. The molecule has 0 bridgehead atoms. The van der Waals surface area contributed by atoms with Gasteiger partial charge in [-0.1, -0.05) is 50.1 Å². The molecule has 2 heterocycles. The number of nitrogens with zero attached hydrogens (tertiary/aromatic N) is 1. The van der Waals surface area contributed by atoms with Gasteiger partial charge in [-0.25, -0.2) is 0 Å². The number of unbranched alkanes of at least 4 members (excludes halogenated alkanes) is 1. The molecule has 2 nitrogen and oxygen atoms in total. The number of hydrogen-bond acceptors (Lipinski definition) is 2. The van der Waals surface area contributed by atoms with Crippen LogP contribution < -0.4 is 5.32 Å². The fourth-order valence-electron chi connectivity index (χ4n) is 4.55. The molecule has 1 aromatic carbocycles. The van der Waals surface area contributed by atoms with Gasteiger partial charge in [-0.2, -0.15) is 0 Å². The summed E-state index contributed by atoms with van der Waals surface area (Å²) in [7, 11) is 0. The van der Waals surface area contributed by atoms with Crippen molar-refractivity contribution in [1.29, 1.82) is 0 Å². The summed E-state index contributed by atoms with van der Waals surface area (Å²) in [5, 5.41) is 3.65. The highest BCUT2D eigenvalue weighted by atomic mass is 15.1. The van der Waals surface area contributed by atoms with Crippen molar-refractivity contribution in [3.05, 3.63) is 35.9 Å². The van der Waals surface area contributed by atoms with E-state index in [9.17, 15) is 0 Å². The molecular weight excluding hydrogens is 268 g/mol. The van der Waals surface area contributed by atoms with Gasteiger partial charge in [0.2, 0.25) is 0 Å². The number of benzene rings is 1. The number of hydrogen-bond donors (Lipinski definition) is 1. The van der Waals surface area contributed by atoms with Gasteiger partial charge in [0.25, 0.3) is 0 Å². The topological polar surface area (TPSA) is 15.3 Å². The van der Waals surface area contributed by atoms with E-state index in [-0.39, 0.29) is 0 Å². The van der Waals surface area contributed by atoms with Crippen LogP contribution in [0.1, 0.15) is 51.0 Å². The van der Waals surface area contributed by atoms with E-state index >= 15 is 0 Å². The molecule has 22 heavy (non-hydrogen) atoms. The lowest BCUT2D eigenvalue weighted by atomic mass is 9.63. The maximum absolute atomic E-state index is 3.65. The van der Waals surface area contributed by atoms with Gasteiger partial charge in [0, 0.05) is 6.54 Å². The average molecular weight is 300 g/mol. The van der Waals surface area contributed by atoms with E-state index in [0.717, 1.165) is 12.5 Å². The fourth-order valence-corrected chi connectivity index (χ4v) is 4.55. The van der Waals surface area contributed by atoms with Crippen molar-refractivity contribution < 1.29 is 0 Å². The van der Waals surface area contributed by atoms with Gasteiger partial charge in [0.1, 0.15) is 0 Å². The molecule has 1 N–H and O–H groups in total. The summed E-state index contributed by atoms with van der Waals surface area (Å²) in [5.41, 5.74) is 2.11. The zero-order valence-electron chi connectivity index (χ0n) is 14.2. The molecule has 2 heteroatoms. The minimum absolute atomic E-state index is 0.646. The first-order chi connectivity index (χ1) is 10.8. The lowest BCUT2D eigenvalue weighted by Crippen LogP contribution is -2.51. The summed E-state index contributed by atoms with van der Waals surface area (Å²) in [5.74, 6) is 0.917. The highest BCUT2D eigenvalue weighted by Gasteiger charge is 2.42. The van der Waals surface area contributed by atoms with Crippen LogP contribution in [0.25, 0.3) is 0 Å². The Kier molecular flexibility index (Phi) is 5.54. The summed E-state index contributed by atoms with van der Waals surface area (Å²) in [6.07, 6.45) is 8.41. The van der Waals surface area contributed by atoms with Gasteiger partial charge in [-0.05, 0) is 68.8 Å². The van der Waals surface area contributed by atoms with E-state index in [2.05, 4.69) is 47.5 Å². The minimum atomic E-state index is 0.646. The summed E-state index contributed by atoms with van der Waals surface area (Å²) in [6.45, 7) is 8.54. The van der Waals surface area contributed by atoms with Crippen LogP contribution in [0.2, 0.25) is 0 Å². The zero-order valence-corrected chi connectivity index (χ0v) is 14.2. The van der Waals surface area contributed by atoms with Crippen LogP contribution in [0.3, 0.4) is 0 Å². The molecule has 3 rings (SSSR count). The summed E-state index contributed by atoms with van der Waals surface area (Å²) < 4.78 is 0. The minimum Gasteiger partial charge on any atom is -0.316 e. The second kappa shape index (κ2) is 7.61. The van der Waals surface area contributed by atoms with Crippen LogP contribution in [0.4, 0.5) is 0 Å². The lowest BCUT2D eigenvalue weighted by molar-refractivity contribution is 0.0149. The van der Waals surface area contributed by atoms with Gasteiger partial charge < -0.3 is 5.32 Å². The average Bonchev–Trinajstić information content (AvgIpc) is 2.57. The van der Waals surface area contributed by atoms with Crippen molar-refractivity contribution in [3.8, 4) is 0 Å². The summed E-state index contributed by atoms with van der Waals surface area (Å²) in [4.78, 5) is 2.67. The van der Waals surface area contributed by atoms with Gasteiger partial charge in [-0.15, -0.1) is 0 Å². The summed E-state index contributed by atoms with van der Waals surface area (Å²) in [6, 6.07) is 11.0. The highest BCUT2D eigenvalue weighted by Crippen LogP contribution is 2.45. The maximum Gasteiger partial charge on any atom is 0.0233 e. The molecule has 1 unspecified atom stereocenters. The van der Waals surface area contributed by atoms with Crippen LogP contribution in [0.15, 0.2) is 30.3 Å². The van der Waals surface area contributed by atoms with Crippen molar-refractivity contribution in [2.75, 3.05) is 26.2 Å². The van der Waals surface area contributed by atoms with Gasteiger partial charge in [-0.3, -0.25) is 4.90 Å². The Morgan fingerprint density at radius 2 is 1.91 bits per heavy atom. The van der Waals surface area contributed by atoms with Crippen LogP contribution in [0, 0.1) is 11.3 Å². The molecule has 2 saturated heterocycles. The van der Waals surface area contributed by atoms with Crippen LogP contribution in [-0.4, -0.2) is 31.1 Å². The third-order valence-corrected chi connectivity index (χ3v) is 6.06. The molecule has 0 aliphatic carbocycles. The Morgan fingerprint density at radius 1 is 1.14 bits per heavy atom. The van der Waals surface area contributed by atoms with Crippen molar-refractivity contribution in [2.24, 2.45) is 11.3 Å². The molecule has 0 radical (unpaired) electrons. The van der Waals surface area contributed by atoms with E-state index in [1.54, 1.807) is 0 Å². The van der Waals surface area contributed by atoms with Crippen molar-refractivity contribution >= 4 is 0 Å². The first kappa shape index (κ1) is 16.0. The molecule has 1 aromatic rings. The Hall–Kier alpha value is -0.860. The standard InChI is InChI=1S/C20H32N2/c1-2-3-9-19-16-21-13-10-20(19)11-14-22(15-12-20)17-18-7-5-4-6-8-18/h4-8,19,21H,2-3,9-17H2,1H3. The normalized spacial score (nSPS) is 25.4. The molecule has 2 aliphatic heterocycles. The molecule has 1 spiro atoms. The summed E-state index contributed by atoms with van der Waals surface area (Å²) >= 11 is 0. The predicted molar refractivity (Wildman–Crippen MR) is 93.9 cm³/mol. The highest BCUT2D eigenvalue weighted by molar-refractivity contribution is 5.14. The predicted octanol–water partition coefficient (Wildman–Crippen LogP) is 4.07. The Bertz CT molecular complexity index is 434. The SMILES string of the molecule is CCCCC1CNCCC12CCN(Cc1ccccc1)CC2. The molecule has 0 aromatic heterocycles. The van der Waals surface area contributed by atoms with Crippen molar-refractivity contribution in [2.45, 2.75) is 52.0 Å². The maximum atomic E-state index is 3.65. The molecule has 0 amide bonds. The Morgan fingerprint density at radius 3 is 2.64 bits per heavy atom. The smallest absolute Gasteiger partial charge is 0.0233 e.